The Hall–Kier alpha value is -1.59. The van der Waals surface area contributed by atoms with Crippen molar-refractivity contribution in [3.8, 4) is 0 Å². The van der Waals surface area contributed by atoms with Crippen molar-refractivity contribution < 1.29 is 23.9 Å². The number of carbonyl (C=O) groups is 2. The van der Waals surface area contributed by atoms with Crippen LogP contribution in [0, 0.1) is 0 Å². The van der Waals surface area contributed by atoms with Gasteiger partial charge in [0, 0.05) is 13.3 Å². The lowest BCUT2D eigenvalue weighted by molar-refractivity contribution is -0.175. The smallest absolute Gasteiger partial charge is 0.351 e. The molecule has 1 heterocycles. The Morgan fingerprint density at radius 2 is 2.31 bits per heavy atom. The van der Waals surface area contributed by atoms with Crippen molar-refractivity contribution in [2.24, 2.45) is 5.16 Å². The lowest BCUT2D eigenvalue weighted by Crippen LogP contribution is -2.39. The Labute approximate surface area is 93.5 Å². The second-order valence-electron chi connectivity index (χ2n) is 3.46. The summed E-state index contributed by atoms with van der Waals surface area (Å²) in [4.78, 5) is 27.4. The number of oxime groups is 1. The van der Waals surface area contributed by atoms with Crippen LogP contribution in [0.2, 0.25) is 0 Å². The molecule has 0 bridgehead atoms. The van der Waals surface area contributed by atoms with E-state index < -0.39 is 24.1 Å². The number of hydrogen-bond acceptors (Lipinski definition) is 6. The minimum absolute atomic E-state index is 0.225. The molecule has 0 N–H and O–H groups in total. The van der Waals surface area contributed by atoms with Crippen molar-refractivity contribution in [2.75, 3.05) is 6.61 Å². The van der Waals surface area contributed by atoms with E-state index in [1.165, 1.54) is 6.92 Å². The SMILES string of the molecule is CCOC(=O)[C@H](OC(C)=O)[C@@H]1CC(C)=NO1. The highest BCUT2D eigenvalue weighted by Crippen LogP contribution is 2.17. The van der Waals surface area contributed by atoms with Gasteiger partial charge in [-0.05, 0) is 13.8 Å². The van der Waals surface area contributed by atoms with Gasteiger partial charge in [-0.1, -0.05) is 5.16 Å². The van der Waals surface area contributed by atoms with Gasteiger partial charge in [-0.2, -0.15) is 0 Å². The van der Waals surface area contributed by atoms with E-state index in [1.807, 2.05) is 0 Å². The average Bonchev–Trinajstić information content (AvgIpc) is 2.61. The summed E-state index contributed by atoms with van der Waals surface area (Å²) in [5, 5.41) is 3.71. The number of hydrogen-bond donors (Lipinski definition) is 0. The molecule has 1 aliphatic heterocycles. The summed E-state index contributed by atoms with van der Waals surface area (Å²) in [5.41, 5.74) is 0.756. The molecular formula is C10H15NO5. The number of esters is 2. The number of carbonyl (C=O) groups excluding carboxylic acids is 2. The molecule has 0 unspecified atom stereocenters. The highest BCUT2D eigenvalue weighted by atomic mass is 16.7. The van der Waals surface area contributed by atoms with E-state index in [2.05, 4.69) is 5.16 Å². The fourth-order valence-electron chi connectivity index (χ4n) is 1.36. The molecule has 0 fully saturated rings. The van der Waals surface area contributed by atoms with Gasteiger partial charge < -0.3 is 14.3 Å². The first-order chi connectivity index (χ1) is 7.54. The Balaban J connectivity index is 2.64. The number of ether oxygens (including phenoxy) is 2. The molecule has 16 heavy (non-hydrogen) atoms. The van der Waals surface area contributed by atoms with Gasteiger partial charge in [0.2, 0.25) is 6.10 Å². The van der Waals surface area contributed by atoms with Gasteiger partial charge in [-0.15, -0.1) is 0 Å². The number of nitrogens with zero attached hydrogens (tertiary/aromatic N) is 1. The Morgan fingerprint density at radius 3 is 2.75 bits per heavy atom. The molecule has 0 radical (unpaired) electrons. The quantitative estimate of drug-likeness (QED) is 0.661. The van der Waals surface area contributed by atoms with Crippen LogP contribution in [0.5, 0.6) is 0 Å². The molecule has 6 nitrogen and oxygen atoms in total. The minimum Gasteiger partial charge on any atom is -0.463 e. The normalized spacial score (nSPS) is 20.7. The summed E-state index contributed by atoms with van der Waals surface area (Å²) in [5.74, 6) is -1.15. The van der Waals surface area contributed by atoms with Crippen molar-refractivity contribution in [3.05, 3.63) is 0 Å². The van der Waals surface area contributed by atoms with Crippen LogP contribution < -0.4 is 0 Å². The first-order valence-electron chi connectivity index (χ1n) is 5.07. The largest absolute Gasteiger partial charge is 0.463 e. The monoisotopic (exact) mass is 229 g/mol. The van der Waals surface area contributed by atoms with E-state index in [9.17, 15) is 9.59 Å². The third-order valence-corrected chi connectivity index (χ3v) is 1.99. The van der Waals surface area contributed by atoms with Gasteiger partial charge >= 0.3 is 11.9 Å². The molecule has 0 aromatic rings. The van der Waals surface area contributed by atoms with Crippen molar-refractivity contribution in [1.82, 2.24) is 0 Å². The standard InChI is InChI=1S/C10H15NO5/c1-4-14-10(13)9(15-7(3)12)8-5-6(2)11-16-8/h8-9H,4-5H2,1-3H3/t8-,9+/m0/s1. The third-order valence-electron chi connectivity index (χ3n) is 1.99. The predicted molar refractivity (Wildman–Crippen MR) is 54.8 cm³/mol. The topological polar surface area (TPSA) is 74.2 Å². The van der Waals surface area contributed by atoms with Crippen molar-refractivity contribution in [1.29, 1.82) is 0 Å². The lowest BCUT2D eigenvalue weighted by atomic mass is 10.1. The van der Waals surface area contributed by atoms with Crippen LogP contribution in [-0.4, -0.2) is 36.5 Å². The van der Waals surface area contributed by atoms with Crippen molar-refractivity contribution in [3.63, 3.8) is 0 Å². The first kappa shape index (κ1) is 12.5. The minimum atomic E-state index is -1.04. The summed E-state index contributed by atoms with van der Waals surface area (Å²) in [6.07, 6.45) is -1.17. The summed E-state index contributed by atoms with van der Waals surface area (Å²) in [6, 6.07) is 0. The second-order valence-corrected chi connectivity index (χ2v) is 3.46. The van der Waals surface area contributed by atoms with Gasteiger partial charge in [0.25, 0.3) is 0 Å². The van der Waals surface area contributed by atoms with Gasteiger partial charge in [0.05, 0.1) is 12.3 Å². The average molecular weight is 229 g/mol. The third kappa shape index (κ3) is 3.22. The molecule has 1 rings (SSSR count). The molecule has 0 saturated heterocycles. The maximum Gasteiger partial charge on any atom is 0.351 e. The highest BCUT2D eigenvalue weighted by molar-refractivity contribution is 5.85. The van der Waals surface area contributed by atoms with Gasteiger partial charge in [-0.3, -0.25) is 4.79 Å². The van der Waals surface area contributed by atoms with Crippen LogP contribution in [0.25, 0.3) is 0 Å². The molecule has 0 aromatic heterocycles. The Morgan fingerprint density at radius 1 is 1.62 bits per heavy atom. The maximum absolute atomic E-state index is 11.5. The highest BCUT2D eigenvalue weighted by Gasteiger charge is 2.37. The van der Waals surface area contributed by atoms with E-state index in [4.69, 9.17) is 14.3 Å². The van der Waals surface area contributed by atoms with E-state index in [-0.39, 0.29) is 6.61 Å². The maximum atomic E-state index is 11.5. The fourth-order valence-corrected chi connectivity index (χ4v) is 1.36. The molecule has 0 amide bonds. The van der Waals surface area contributed by atoms with Crippen LogP contribution in [0.15, 0.2) is 5.16 Å². The summed E-state index contributed by atoms with van der Waals surface area (Å²) in [7, 11) is 0. The summed E-state index contributed by atoms with van der Waals surface area (Å²) >= 11 is 0. The molecule has 0 spiro atoms. The van der Waals surface area contributed by atoms with Crippen LogP contribution in [0.3, 0.4) is 0 Å². The Kier molecular flexibility index (Phi) is 4.28. The summed E-state index contributed by atoms with van der Waals surface area (Å²) < 4.78 is 9.69. The predicted octanol–water partition coefficient (Wildman–Crippen LogP) is 0.646. The fraction of sp³-hybridized carbons (Fsp3) is 0.700. The second kappa shape index (κ2) is 5.48. The van der Waals surface area contributed by atoms with E-state index in [0.29, 0.717) is 6.42 Å². The molecule has 0 aliphatic carbocycles. The van der Waals surface area contributed by atoms with Crippen LogP contribution in [-0.2, 0) is 23.9 Å². The Bertz CT molecular complexity index is 312. The van der Waals surface area contributed by atoms with E-state index in [1.54, 1.807) is 13.8 Å². The molecular weight excluding hydrogens is 214 g/mol. The van der Waals surface area contributed by atoms with Crippen LogP contribution >= 0.6 is 0 Å². The van der Waals surface area contributed by atoms with Crippen LogP contribution in [0.4, 0.5) is 0 Å². The van der Waals surface area contributed by atoms with Gasteiger partial charge in [0.1, 0.15) is 0 Å². The summed E-state index contributed by atoms with van der Waals surface area (Å²) in [6.45, 7) is 4.91. The molecule has 90 valence electrons. The first-order valence-corrected chi connectivity index (χ1v) is 5.07. The lowest BCUT2D eigenvalue weighted by Gasteiger charge is -2.19. The zero-order chi connectivity index (χ0) is 12.1. The number of rotatable bonds is 4. The molecule has 0 saturated carbocycles. The van der Waals surface area contributed by atoms with E-state index >= 15 is 0 Å². The zero-order valence-corrected chi connectivity index (χ0v) is 9.56. The van der Waals surface area contributed by atoms with Gasteiger partial charge in [-0.25, -0.2) is 4.79 Å². The van der Waals surface area contributed by atoms with Crippen molar-refractivity contribution >= 4 is 17.7 Å². The molecule has 0 aromatic carbocycles. The van der Waals surface area contributed by atoms with Crippen LogP contribution in [0.1, 0.15) is 27.2 Å². The van der Waals surface area contributed by atoms with E-state index in [0.717, 1.165) is 5.71 Å². The van der Waals surface area contributed by atoms with Crippen molar-refractivity contribution in [2.45, 2.75) is 39.4 Å². The molecule has 2 atom stereocenters. The molecule has 6 heteroatoms. The van der Waals surface area contributed by atoms with Gasteiger partial charge in [0.15, 0.2) is 6.10 Å². The zero-order valence-electron chi connectivity index (χ0n) is 9.56. The molecule has 1 aliphatic rings.